The molecule has 2 saturated heterocycles. The summed E-state index contributed by atoms with van der Waals surface area (Å²) >= 11 is 0. The van der Waals surface area contributed by atoms with Gasteiger partial charge in [0.1, 0.15) is 5.76 Å². The fourth-order valence-corrected chi connectivity index (χ4v) is 4.32. The second-order valence-electron chi connectivity index (χ2n) is 8.67. The van der Waals surface area contributed by atoms with E-state index >= 15 is 0 Å². The lowest BCUT2D eigenvalue weighted by atomic mass is 9.97. The number of guanidine groups is 1. The van der Waals surface area contributed by atoms with Gasteiger partial charge in [-0.05, 0) is 77.1 Å². The minimum Gasteiger partial charge on any atom is -0.444 e. The van der Waals surface area contributed by atoms with E-state index in [1.54, 1.807) is 0 Å². The molecule has 2 aliphatic heterocycles. The van der Waals surface area contributed by atoms with E-state index in [0.717, 1.165) is 68.3 Å². The maximum absolute atomic E-state index is 5.76. The van der Waals surface area contributed by atoms with Crippen molar-refractivity contribution in [1.29, 1.82) is 0 Å². The number of nitrogens with zero attached hydrogens (tertiary/aromatic N) is 4. The number of aliphatic imine (C=N–C) groups is 1. The predicted molar refractivity (Wildman–Crippen MR) is 137 cm³/mol. The number of likely N-dealkylation sites (tertiary alicyclic amines) is 2. The fourth-order valence-electron chi connectivity index (χ4n) is 4.32. The van der Waals surface area contributed by atoms with Crippen LogP contribution in [0.4, 0.5) is 5.69 Å². The number of aromatic nitrogens is 1. The van der Waals surface area contributed by atoms with Crippen LogP contribution in [0.15, 0.2) is 39.7 Å². The first-order chi connectivity index (χ1) is 14.7. The second kappa shape index (κ2) is 11.9. The van der Waals surface area contributed by atoms with Crippen LogP contribution in [-0.2, 0) is 6.54 Å². The largest absolute Gasteiger partial charge is 0.444 e. The lowest BCUT2D eigenvalue weighted by Gasteiger charge is -2.32. The summed E-state index contributed by atoms with van der Waals surface area (Å²) in [6.45, 7) is 10.1. The molecule has 31 heavy (non-hydrogen) atoms. The Kier molecular flexibility index (Phi) is 9.19. The number of hydrogen-bond donors (Lipinski definition) is 1. The molecule has 1 aromatic carbocycles. The van der Waals surface area contributed by atoms with Gasteiger partial charge in [0.25, 0.3) is 0 Å². The fraction of sp³-hybridized carbons (Fsp3) is 0.583. The zero-order valence-corrected chi connectivity index (χ0v) is 21.2. The van der Waals surface area contributed by atoms with Gasteiger partial charge in [0.2, 0.25) is 5.89 Å². The van der Waals surface area contributed by atoms with Crippen molar-refractivity contribution in [2.75, 3.05) is 38.0 Å². The minimum atomic E-state index is 0. The summed E-state index contributed by atoms with van der Waals surface area (Å²) in [5, 5.41) is 3.58. The van der Waals surface area contributed by atoms with E-state index < -0.39 is 0 Å². The van der Waals surface area contributed by atoms with Crippen molar-refractivity contribution < 1.29 is 4.42 Å². The molecule has 6 nitrogen and oxygen atoms in total. The molecule has 0 bridgehead atoms. The molecule has 3 heterocycles. The SMILES string of the molecule is Cc1nc(CN2CCC(CN=C(Nc3ccccc3)N3CCCCC3)CC2)oc1C.I. The number of nitrogens with one attached hydrogen (secondary N) is 1. The zero-order valence-electron chi connectivity index (χ0n) is 18.8. The van der Waals surface area contributed by atoms with Crippen molar-refractivity contribution in [1.82, 2.24) is 14.8 Å². The van der Waals surface area contributed by atoms with Crippen molar-refractivity contribution in [3.05, 3.63) is 47.7 Å². The van der Waals surface area contributed by atoms with E-state index in [9.17, 15) is 0 Å². The highest BCUT2D eigenvalue weighted by atomic mass is 127. The van der Waals surface area contributed by atoms with E-state index in [4.69, 9.17) is 9.41 Å². The van der Waals surface area contributed by atoms with Crippen LogP contribution in [0.5, 0.6) is 0 Å². The summed E-state index contributed by atoms with van der Waals surface area (Å²) in [6.07, 6.45) is 6.21. The van der Waals surface area contributed by atoms with Crippen LogP contribution in [0.3, 0.4) is 0 Å². The minimum absolute atomic E-state index is 0. The molecule has 170 valence electrons. The van der Waals surface area contributed by atoms with Crippen molar-refractivity contribution in [2.45, 2.75) is 52.5 Å². The molecule has 0 aliphatic carbocycles. The van der Waals surface area contributed by atoms with Crippen molar-refractivity contribution in [3.8, 4) is 0 Å². The molecule has 2 aliphatic rings. The van der Waals surface area contributed by atoms with Gasteiger partial charge in [0.05, 0.1) is 12.2 Å². The van der Waals surface area contributed by atoms with Crippen LogP contribution in [0, 0.1) is 19.8 Å². The van der Waals surface area contributed by atoms with Crippen LogP contribution >= 0.6 is 24.0 Å². The van der Waals surface area contributed by atoms with Gasteiger partial charge in [0, 0.05) is 25.3 Å². The highest BCUT2D eigenvalue weighted by molar-refractivity contribution is 14.0. The van der Waals surface area contributed by atoms with E-state index in [2.05, 4.69) is 50.4 Å². The number of piperidine rings is 2. The van der Waals surface area contributed by atoms with Crippen molar-refractivity contribution in [2.24, 2.45) is 10.9 Å². The number of hydrogen-bond acceptors (Lipinski definition) is 4. The standard InChI is InChI=1S/C24H35N5O.HI/c1-19-20(2)30-23(26-19)18-28-15-11-21(12-16-28)17-25-24(29-13-7-4-8-14-29)27-22-9-5-3-6-10-22;/h3,5-6,9-10,21H,4,7-8,11-18H2,1-2H3,(H,25,27);1H. The third kappa shape index (κ3) is 6.94. The maximum atomic E-state index is 5.76. The van der Waals surface area contributed by atoms with Crippen molar-refractivity contribution >= 4 is 35.6 Å². The lowest BCUT2D eigenvalue weighted by molar-refractivity contribution is 0.166. The van der Waals surface area contributed by atoms with E-state index in [-0.39, 0.29) is 24.0 Å². The Morgan fingerprint density at radius 2 is 1.77 bits per heavy atom. The normalized spacial score (nSPS) is 18.6. The average molecular weight is 537 g/mol. The summed E-state index contributed by atoms with van der Waals surface area (Å²) in [4.78, 5) is 14.5. The number of oxazole rings is 1. The van der Waals surface area contributed by atoms with Gasteiger partial charge in [-0.3, -0.25) is 9.89 Å². The Hall–Kier alpha value is -1.61. The third-order valence-electron chi connectivity index (χ3n) is 6.32. The molecular formula is C24H36IN5O. The smallest absolute Gasteiger partial charge is 0.208 e. The maximum Gasteiger partial charge on any atom is 0.208 e. The highest BCUT2D eigenvalue weighted by Gasteiger charge is 2.22. The quantitative estimate of drug-likeness (QED) is 0.328. The number of benzene rings is 1. The first kappa shape index (κ1) is 24.0. The predicted octanol–water partition coefficient (Wildman–Crippen LogP) is 5.08. The molecule has 0 spiro atoms. The van der Waals surface area contributed by atoms with E-state index in [1.807, 2.05) is 13.8 Å². The number of para-hydroxylation sites is 1. The summed E-state index contributed by atoms with van der Waals surface area (Å²) in [7, 11) is 0. The van der Waals surface area contributed by atoms with E-state index in [1.165, 1.54) is 32.1 Å². The van der Waals surface area contributed by atoms with Gasteiger partial charge in [-0.2, -0.15) is 0 Å². The molecule has 4 rings (SSSR count). The third-order valence-corrected chi connectivity index (χ3v) is 6.32. The van der Waals surface area contributed by atoms with Gasteiger partial charge in [0.15, 0.2) is 5.96 Å². The Bertz CT molecular complexity index is 804. The van der Waals surface area contributed by atoms with Crippen LogP contribution in [-0.4, -0.2) is 53.5 Å². The summed E-state index contributed by atoms with van der Waals surface area (Å²) < 4.78 is 5.76. The second-order valence-corrected chi connectivity index (χ2v) is 8.67. The Balaban J connectivity index is 0.00000272. The number of anilines is 1. The summed E-state index contributed by atoms with van der Waals surface area (Å²) in [6, 6.07) is 10.4. The number of rotatable bonds is 5. The van der Waals surface area contributed by atoms with Gasteiger partial charge < -0.3 is 14.6 Å². The Morgan fingerprint density at radius 3 is 2.42 bits per heavy atom. The zero-order chi connectivity index (χ0) is 20.8. The molecule has 0 saturated carbocycles. The van der Waals surface area contributed by atoms with Crippen LogP contribution in [0.25, 0.3) is 0 Å². The molecule has 2 aromatic rings. The molecule has 0 radical (unpaired) electrons. The molecule has 0 atom stereocenters. The van der Waals surface area contributed by atoms with Gasteiger partial charge in [-0.15, -0.1) is 24.0 Å². The number of halogens is 1. The topological polar surface area (TPSA) is 56.9 Å². The van der Waals surface area contributed by atoms with Gasteiger partial charge in [-0.25, -0.2) is 4.98 Å². The molecule has 1 aromatic heterocycles. The lowest BCUT2D eigenvalue weighted by Crippen LogP contribution is -2.41. The molecule has 0 amide bonds. The molecular weight excluding hydrogens is 501 g/mol. The number of aryl methyl sites for hydroxylation is 2. The van der Waals surface area contributed by atoms with Crippen LogP contribution in [0.2, 0.25) is 0 Å². The Labute approximate surface area is 203 Å². The molecule has 7 heteroatoms. The summed E-state index contributed by atoms with van der Waals surface area (Å²) in [5.74, 6) is 3.48. The monoisotopic (exact) mass is 537 g/mol. The molecule has 0 unspecified atom stereocenters. The average Bonchev–Trinajstić information content (AvgIpc) is 3.10. The summed E-state index contributed by atoms with van der Waals surface area (Å²) in [5.41, 5.74) is 2.12. The van der Waals surface area contributed by atoms with E-state index in [0.29, 0.717) is 5.92 Å². The van der Waals surface area contributed by atoms with Gasteiger partial charge in [-0.1, -0.05) is 18.2 Å². The molecule has 1 N–H and O–H groups in total. The van der Waals surface area contributed by atoms with Gasteiger partial charge >= 0.3 is 0 Å². The van der Waals surface area contributed by atoms with Crippen molar-refractivity contribution in [3.63, 3.8) is 0 Å². The Morgan fingerprint density at radius 1 is 1.06 bits per heavy atom. The van der Waals surface area contributed by atoms with Crippen LogP contribution in [0.1, 0.15) is 49.4 Å². The van der Waals surface area contributed by atoms with Crippen LogP contribution < -0.4 is 5.32 Å². The first-order valence-corrected chi connectivity index (χ1v) is 11.4. The molecule has 2 fully saturated rings. The highest BCUT2D eigenvalue weighted by Crippen LogP contribution is 2.21. The first-order valence-electron chi connectivity index (χ1n) is 11.4.